The van der Waals surface area contributed by atoms with Gasteiger partial charge in [0.25, 0.3) is 0 Å². The number of nitrogens with one attached hydrogen (secondary N) is 1. The number of rotatable bonds is 7. The van der Waals surface area contributed by atoms with Crippen molar-refractivity contribution in [1.29, 1.82) is 0 Å². The number of anilines is 1. The predicted octanol–water partition coefficient (Wildman–Crippen LogP) is 3.30. The maximum absolute atomic E-state index is 14.8. The number of ketones is 1. The van der Waals surface area contributed by atoms with Gasteiger partial charge in [0.1, 0.15) is 11.6 Å². The number of piperazine rings is 1. The van der Waals surface area contributed by atoms with Crippen LogP contribution in [0.1, 0.15) is 37.8 Å². The fraction of sp³-hybridized carbons (Fsp3) is 0.481. The Morgan fingerprint density at radius 2 is 1.76 bits per heavy atom. The summed E-state index contributed by atoms with van der Waals surface area (Å²) in [6.45, 7) is 9.86. The number of hydrogen-bond donors (Lipinski definition) is 1. The van der Waals surface area contributed by atoms with Gasteiger partial charge in [0.05, 0.1) is 11.7 Å². The van der Waals surface area contributed by atoms with Gasteiger partial charge in [0.2, 0.25) is 5.91 Å². The highest BCUT2D eigenvalue weighted by Gasteiger charge is 2.50. The molecule has 0 bridgehead atoms. The van der Waals surface area contributed by atoms with Gasteiger partial charge < -0.3 is 9.91 Å². The first-order chi connectivity index (χ1) is 16.3. The third kappa shape index (κ3) is 5.00. The molecule has 2 atom stereocenters. The molecule has 2 aromatic carbocycles. The number of benzene rings is 2. The van der Waals surface area contributed by atoms with Crippen LogP contribution in [0.25, 0.3) is 0 Å². The van der Waals surface area contributed by atoms with Gasteiger partial charge in [-0.1, -0.05) is 36.4 Å². The predicted molar refractivity (Wildman–Crippen MR) is 132 cm³/mol. The molecule has 0 aliphatic carbocycles. The number of halogens is 1. The molecule has 2 saturated heterocycles. The van der Waals surface area contributed by atoms with Gasteiger partial charge in [-0.25, -0.2) is 9.82 Å². The first kappa shape index (κ1) is 24.4. The lowest BCUT2D eigenvalue weighted by Crippen LogP contribution is -2.49. The lowest BCUT2D eigenvalue weighted by molar-refractivity contribution is -0.130. The van der Waals surface area contributed by atoms with Crippen LogP contribution in [0.3, 0.4) is 0 Å². The van der Waals surface area contributed by atoms with Crippen molar-refractivity contribution < 1.29 is 14.0 Å². The van der Waals surface area contributed by atoms with E-state index in [2.05, 4.69) is 22.5 Å². The Kier molecular flexibility index (Phi) is 7.33. The average molecular weight is 467 g/mol. The van der Waals surface area contributed by atoms with Crippen LogP contribution in [-0.4, -0.2) is 66.8 Å². The van der Waals surface area contributed by atoms with Crippen molar-refractivity contribution >= 4 is 17.4 Å². The van der Waals surface area contributed by atoms with E-state index in [0.29, 0.717) is 12.2 Å². The van der Waals surface area contributed by atoms with Crippen molar-refractivity contribution in [3.8, 4) is 0 Å². The molecule has 182 valence electrons. The largest absolute Gasteiger partial charge is 0.340 e. The SMILES string of the molecule is CC(=O)C1NN(c2cc(C)ccc2F)CC1(CCCN1CCN(C(C)=O)CC1)c1ccccc1. The van der Waals surface area contributed by atoms with E-state index in [1.807, 2.05) is 41.1 Å². The van der Waals surface area contributed by atoms with Crippen molar-refractivity contribution in [2.75, 3.05) is 44.3 Å². The molecule has 1 N–H and O–H groups in total. The van der Waals surface area contributed by atoms with Gasteiger partial charge in [-0.3, -0.25) is 14.5 Å². The fourth-order valence-corrected chi connectivity index (χ4v) is 5.46. The molecule has 4 rings (SSSR count). The molecular formula is C27H35FN4O2. The first-order valence-corrected chi connectivity index (χ1v) is 12.1. The van der Waals surface area contributed by atoms with Crippen LogP contribution in [0.4, 0.5) is 10.1 Å². The van der Waals surface area contributed by atoms with Gasteiger partial charge >= 0.3 is 0 Å². The van der Waals surface area contributed by atoms with Crippen molar-refractivity contribution in [3.63, 3.8) is 0 Å². The third-order valence-corrected chi connectivity index (χ3v) is 7.34. The second-order valence-electron chi connectivity index (χ2n) is 9.69. The summed E-state index contributed by atoms with van der Waals surface area (Å²) in [5.41, 5.74) is 5.43. The van der Waals surface area contributed by atoms with E-state index in [1.54, 1.807) is 19.9 Å². The Bertz CT molecular complexity index is 1020. The number of amides is 1. The third-order valence-electron chi connectivity index (χ3n) is 7.34. The molecular weight excluding hydrogens is 431 g/mol. The highest BCUT2D eigenvalue weighted by molar-refractivity contribution is 5.85. The summed E-state index contributed by atoms with van der Waals surface area (Å²) < 4.78 is 14.8. The summed E-state index contributed by atoms with van der Waals surface area (Å²) in [5, 5.41) is 1.83. The van der Waals surface area contributed by atoms with E-state index in [9.17, 15) is 14.0 Å². The van der Waals surface area contributed by atoms with E-state index >= 15 is 0 Å². The molecule has 2 aromatic rings. The summed E-state index contributed by atoms with van der Waals surface area (Å²) in [6.07, 6.45) is 1.70. The van der Waals surface area contributed by atoms with Crippen LogP contribution in [0.15, 0.2) is 48.5 Å². The lowest BCUT2D eigenvalue weighted by Gasteiger charge is -2.36. The molecule has 34 heavy (non-hydrogen) atoms. The number of Topliss-reactive ketones (excluding diaryl/α,β-unsaturated/α-hetero) is 1. The van der Waals surface area contributed by atoms with Crippen LogP contribution >= 0.6 is 0 Å². The zero-order valence-corrected chi connectivity index (χ0v) is 20.4. The normalized spacial score (nSPS) is 23.4. The second kappa shape index (κ2) is 10.2. The van der Waals surface area contributed by atoms with Gasteiger partial charge in [-0.15, -0.1) is 0 Å². The van der Waals surface area contributed by atoms with Crippen molar-refractivity contribution in [1.82, 2.24) is 15.2 Å². The maximum Gasteiger partial charge on any atom is 0.219 e. The van der Waals surface area contributed by atoms with Gasteiger partial charge in [-0.05, 0) is 56.5 Å². The standard InChI is InChI=1S/C27H35FN4O2/c1-20-10-11-24(28)25(18-20)32-19-27(26(29-32)21(2)33,23-8-5-4-6-9-23)12-7-13-30-14-16-31(17-15-30)22(3)34/h4-6,8-11,18,26,29H,7,12-17,19H2,1-3H3. The minimum atomic E-state index is -0.468. The highest BCUT2D eigenvalue weighted by Crippen LogP contribution is 2.40. The van der Waals surface area contributed by atoms with Crippen LogP contribution in [-0.2, 0) is 15.0 Å². The Labute approximate surface area is 201 Å². The smallest absolute Gasteiger partial charge is 0.219 e. The van der Waals surface area contributed by atoms with E-state index in [4.69, 9.17) is 0 Å². The lowest BCUT2D eigenvalue weighted by atomic mass is 9.70. The number of nitrogens with zero attached hydrogens (tertiary/aromatic N) is 3. The first-order valence-electron chi connectivity index (χ1n) is 12.1. The molecule has 0 aromatic heterocycles. The number of hydrogen-bond acceptors (Lipinski definition) is 5. The van der Waals surface area contributed by atoms with Crippen molar-refractivity contribution in [2.45, 2.75) is 45.1 Å². The second-order valence-corrected chi connectivity index (χ2v) is 9.69. The maximum atomic E-state index is 14.8. The molecule has 2 fully saturated rings. The fourth-order valence-electron chi connectivity index (χ4n) is 5.46. The zero-order valence-electron chi connectivity index (χ0n) is 20.4. The average Bonchev–Trinajstić information content (AvgIpc) is 3.22. The molecule has 0 radical (unpaired) electrons. The molecule has 1 amide bonds. The molecule has 0 saturated carbocycles. The molecule has 2 heterocycles. The van der Waals surface area contributed by atoms with Crippen molar-refractivity contribution in [2.24, 2.45) is 0 Å². The van der Waals surface area contributed by atoms with Crippen LogP contribution in [0, 0.1) is 12.7 Å². The van der Waals surface area contributed by atoms with Gasteiger partial charge in [0, 0.05) is 45.1 Å². The van der Waals surface area contributed by atoms with E-state index in [1.165, 1.54) is 6.07 Å². The van der Waals surface area contributed by atoms with E-state index < -0.39 is 11.5 Å². The molecule has 7 heteroatoms. The van der Waals surface area contributed by atoms with Gasteiger partial charge in [-0.2, -0.15) is 0 Å². The number of hydrazine groups is 1. The number of carbonyl (C=O) groups excluding carboxylic acids is 2. The zero-order chi connectivity index (χ0) is 24.3. The van der Waals surface area contributed by atoms with Gasteiger partial charge in [0.15, 0.2) is 0 Å². The Hall–Kier alpha value is -2.77. The summed E-state index contributed by atoms with van der Waals surface area (Å²) in [6, 6.07) is 14.8. The number of aryl methyl sites for hydroxylation is 1. The van der Waals surface area contributed by atoms with Crippen LogP contribution < -0.4 is 10.4 Å². The summed E-state index contributed by atoms with van der Waals surface area (Å²) in [5.74, 6) is -0.116. The quantitative estimate of drug-likeness (QED) is 0.679. The Morgan fingerprint density at radius 1 is 1.06 bits per heavy atom. The topological polar surface area (TPSA) is 55.9 Å². The molecule has 2 aliphatic rings. The minimum Gasteiger partial charge on any atom is -0.340 e. The van der Waals surface area contributed by atoms with Crippen LogP contribution in [0.2, 0.25) is 0 Å². The molecule has 2 unspecified atom stereocenters. The van der Waals surface area contributed by atoms with Crippen LogP contribution in [0.5, 0.6) is 0 Å². The molecule has 6 nitrogen and oxygen atoms in total. The number of carbonyl (C=O) groups is 2. The summed E-state index contributed by atoms with van der Waals surface area (Å²) in [7, 11) is 0. The van der Waals surface area contributed by atoms with Crippen molar-refractivity contribution in [3.05, 3.63) is 65.5 Å². The summed E-state index contributed by atoms with van der Waals surface area (Å²) in [4.78, 5) is 28.8. The Balaban J connectivity index is 1.56. The highest BCUT2D eigenvalue weighted by atomic mass is 19.1. The van der Waals surface area contributed by atoms with E-state index in [0.717, 1.165) is 56.7 Å². The molecule has 0 spiro atoms. The van der Waals surface area contributed by atoms with E-state index in [-0.39, 0.29) is 17.5 Å². The Morgan fingerprint density at radius 3 is 2.41 bits per heavy atom. The monoisotopic (exact) mass is 466 g/mol. The summed E-state index contributed by atoms with van der Waals surface area (Å²) >= 11 is 0. The molecule has 2 aliphatic heterocycles. The minimum absolute atomic E-state index is 0.0505.